The number of hydrogen-bond acceptors (Lipinski definition) is 3. The van der Waals surface area contributed by atoms with Gasteiger partial charge in [0.2, 0.25) is 5.91 Å². The quantitative estimate of drug-likeness (QED) is 0.866. The third-order valence-corrected chi connectivity index (χ3v) is 4.99. The molecule has 1 saturated heterocycles. The smallest absolute Gasteiger partial charge is 0.238 e. The molecule has 2 N–H and O–H groups in total. The van der Waals surface area contributed by atoms with Crippen LogP contribution in [0, 0.1) is 0 Å². The predicted molar refractivity (Wildman–Crippen MR) is 79.4 cm³/mol. The van der Waals surface area contributed by atoms with E-state index in [4.69, 9.17) is 0 Å². The summed E-state index contributed by atoms with van der Waals surface area (Å²) >= 11 is 1.86. The average molecular weight is 276 g/mol. The van der Waals surface area contributed by atoms with Crippen molar-refractivity contribution in [2.75, 3.05) is 18.1 Å². The second-order valence-electron chi connectivity index (χ2n) is 5.23. The van der Waals surface area contributed by atoms with Crippen LogP contribution in [0.1, 0.15) is 30.0 Å². The van der Waals surface area contributed by atoms with E-state index in [0.29, 0.717) is 0 Å². The number of carbonyl (C=O) groups is 1. The number of rotatable bonds is 2. The molecule has 1 aromatic carbocycles. The largest absolute Gasteiger partial charge is 0.348 e. The highest BCUT2D eigenvalue weighted by molar-refractivity contribution is 7.99. The lowest BCUT2D eigenvalue weighted by molar-refractivity contribution is -0.123. The maximum Gasteiger partial charge on any atom is 0.238 e. The molecule has 2 unspecified atom stereocenters. The zero-order valence-corrected chi connectivity index (χ0v) is 11.8. The number of nitrogens with one attached hydrogen (secondary N) is 2. The van der Waals surface area contributed by atoms with Crippen molar-refractivity contribution in [3.8, 4) is 0 Å². The summed E-state index contributed by atoms with van der Waals surface area (Å²) in [4.78, 5) is 12.3. The molecule has 1 aliphatic heterocycles. The van der Waals surface area contributed by atoms with Gasteiger partial charge in [0.15, 0.2) is 0 Å². The van der Waals surface area contributed by atoms with Gasteiger partial charge in [-0.3, -0.25) is 4.79 Å². The average Bonchev–Trinajstić information content (AvgIpc) is 2.48. The number of thioether (sulfide) groups is 1. The van der Waals surface area contributed by atoms with Gasteiger partial charge in [0.05, 0.1) is 12.1 Å². The highest BCUT2D eigenvalue weighted by Crippen LogP contribution is 2.29. The van der Waals surface area contributed by atoms with Crippen LogP contribution in [-0.2, 0) is 11.2 Å². The molecule has 1 aliphatic carbocycles. The molecule has 1 amide bonds. The van der Waals surface area contributed by atoms with Gasteiger partial charge in [-0.1, -0.05) is 24.3 Å². The van der Waals surface area contributed by atoms with Crippen molar-refractivity contribution in [1.29, 1.82) is 0 Å². The Hall–Kier alpha value is -1.00. The van der Waals surface area contributed by atoms with Crippen molar-refractivity contribution < 1.29 is 4.79 Å². The molecular weight excluding hydrogens is 256 g/mol. The molecule has 3 nitrogen and oxygen atoms in total. The van der Waals surface area contributed by atoms with E-state index in [9.17, 15) is 4.79 Å². The summed E-state index contributed by atoms with van der Waals surface area (Å²) in [5.74, 6) is 2.16. The lowest BCUT2D eigenvalue weighted by Gasteiger charge is -2.29. The minimum Gasteiger partial charge on any atom is -0.348 e. The minimum absolute atomic E-state index is 0.0205. The fraction of sp³-hybridized carbons (Fsp3) is 0.533. The lowest BCUT2D eigenvalue weighted by Crippen LogP contribution is -2.50. The zero-order chi connectivity index (χ0) is 13.1. The molecule has 1 fully saturated rings. The first-order valence-corrected chi connectivity index (χ1v) is 8.19. The standard InChI is InChI=1S/C15H20N2OS/c18-15(14-10-19-9-8-16-14)17-13-7-3-5-11-4-1-2-6-12(11)13/h1-2,4,6,13-14,16H,3,5,7-10H2,(H,17,18). The summed E-state index contributed by atoms with van der Waals surface area (Å²) in [6.45, 7) is 0.935. The molecule has 2 aliphatic rings. The van der Waals surface area contributed by atoms with Crippen molar-refractivity contribution in [3.05, 3.63) is 35.4 Å². The number of carbonyl (C=O) groups excluding carboxylic acids is 1. The normalized spacial score (nSPS) is 26.5. The zero-order valence-electron chi connectivity index (χ0n) is 11.0. The van der Waals surface area contributed by atoms with Crippen LogP contribution in [0.3, 0.4) is 0 Å². The molecular formula is C15H20N2OS. The summed E-state index contributed by atoms with van der Waals surface area (Å²) in [5.41, 5.74) is 2.70. The Kier molecular flexibility index (Phi) is 4.09. The first kappa shape index (κ1) is 13.0. The molecule has 19 heavy (non-hydrogen) atoms. The number of hydrogen-bond donors (Lipinski definition) is 2. The number of benzene rings is 1. The van der Waals surface area contributed by atoms with Gasteiger partial charge >= 0.3 is 0 Å². The van der Waals surface area contributed by atoms with Crippen LogP contribution in [-0.4, -0.2) is 30.0 Å². The minimum atomic E-state index is -0.0205. The van der Waals surface area contributed by atoms with Crippen LogP contribution in [0.15, 0.2) is 24.3 Å². The molecule has 1 aromatic rings. The maximum atomic E-state index is 12.3. The Labute approximate surface area is 118 Å². The van der Waals surface area contributed by atoms with Gasteiger partial charge in [-0.2, -0.15) is 11.8 Å². The van der Waals surface area contributed by atoms with Crippen LogP contribution in [0.2, 0.25) is 0 Å². The van der Waals surface area contributed by atoms with Crippen LogP contribution in [0.4, 0.5) is 0 Å². The predicted octanol–water partition coefficient (Wildman–Crippen LogP) is 1.89. The second-order valence-corrected chi connectivity index (χ2v) is 6.38. The van der Waals surface area contributed by atoms with Gasteiger partial charge in [-0.15, -0.1) is 0 Å². The summed E-state index contributed by atoms with van der Waals surface area (Å²) in [6.07, 6.45) is 3.36. The van der Waals surface area contributed by atoms with Gasteiger partial charge in [0.1, 0.15) is 0 Å². The van der Waals surface area contributed by atoms with Crippen LogP contribution in [0.5, 0.6) is 0 Å². The molecule has 2 atom stereocenters. The van der Waals surface area contributed by atoms with E-state index < -0.39 is 0 Å². The van der Waals surface area contributed by atoms with E-state index in [1.807, 2.05) is 11.8 Å². The number of amides is 1. The van der Waals surface area contributed by atoms with Crippen molar-refractivity contribution in [2.45, 2.75) is 31.3 Å². The molecule has 0 saturated carbocycles. The maximum absolute atomic E-state index is 12.3. The lowest BCUT2D eigenvalue weighted by atomic mass is 9.87. The number of fused-ring (bicyclic) bond motifs is 1. The van der Waals surface area contributed by atoms with Gasteiger partial charge in [0.25, 0.3) is 0 Å². The first-order valence-electron chi connectivity index (χ1n) is 7.04. The molecule has 0 bridgehead atoms. The molecule has 3 rings (SSSR count). The molecule has 102 valence electrons. The van der Waals surface area contributed by atoms with Gasteiger partial charge in [-0.25, -0.2) is 0 Å². The highest BCUT2D eigenvalue weighted by atomic mass is 32.2. The summed E-state index contributed by atoms with van der Waals surface area (Å²) in [7, 11) is 0. The van der Waals surface area contributed by atoms with Gasteiger partial charge < -0.3 is 10.6 Å². The van der Waals surface area contributed by atoms with E-state index in [0.717, 1.165) is 37.3 Å². The molecule has 4 heteroatoms. The monoisotopic (exact) mass is 276 g/mol. The Morgan fingerprint density at radius 1 is 1.37 bits per heavy atom. The molecule has 0 radical (unpaired) electrons. The summed E-state index contributed by atoms with van der Waals surface area (Å²) in [5, 5.41) is 6.53. The van der Waals surface area contributed by atoms with E-state index >= 15 is 0 Å². The Morgan fingerprint density at radius 2 is 2.26 bits per heavy atom. The van der Waals surface area contributed by atoms with Crippen molar-refractivity contribution in [3.63, 3.8) is 0 Å². The molecule has 0 spiro atoms. The fourth-order valence-electron chi connectivity index (χ4n) is 2.91. The van der Waals surface area contributed by atoms with E-state index in [-0.39, 0.29) is 18.0 Å². The van der Waals surface area contributed by atoms with E-state index in [1.54, 1.807) is 0 Å². The molecule has 1 heterocycles. The van der Waals surface area contributed by atoms with E-state index in [1.165, 1.54) is 11.1 Å². The van der Waals surface area contributed by atoms with Crippen molar-refractivity contribution in [2.24, 2.45) is 0 Å². The third kappa shape index (κ3) is 2.95. The van der Waals surface area contributed by atoms with Crippen molar-refractivity contribution in [1.82, 2.24) is 10.6 Å². The van der Waals surface area contributed by atoms with Crippen molar-refractivity contribution >= 4 is 17.7 Å². The van der Waals surface area contributed by atoms with Crippen LogP contribution < -0.4 is 10.6 Å². The third-order valence-electron chi connectivity index (χ3n) is 3.92. The summed E-state index contributed by atoms with van der Waals surface area (Å²) < 4.78 is 0. The van der Waals surface area contributed by atoms with Crippen LogP contribution >= 0.6 is 11.8 Å². The summed E-state index contributed by atoms with van der Waals surface area (Å²) in [6, 6.07) is 8.67. The Morgan fingerprint density at radius 3 is 3.11 bits per heavy atom. The van der Waals surface area contributed by atoms with Gasteiger partial charge in [0, 0.05) is 18.1 Å². The first-order chi connectivity index (χ1) is 9.34. The Balaban J connectivity index is 1.68. The molecule has 0 aromatic heterocycles. The topological polar surface area (TPSA) is 41.1 Å². The SMILES string of the molecule is O=C(NC1CCCc2ccccc21)C1CSCCN1. The van der Waals surface area contributed by atoms with Gasteiger partial charge in [-0.05, 0) is 30.4 Å². The number of aryl methyl sites for hydroxylation is 1. The Bertz CT molecular complexity index is 457. The highest BCUT2D eigenvalue weighted by Gasteiger charge is 2.26. The second kappa shape index (κ2) is 5.97. The fourth-order valence-corrected chi connectivity index (χ4v) is 3.84. The van der Waals surface area contributed by atoms with Crippen LogP contribution in [0.25, 0.3) is 0 Å². The van der Waals surface area contributed by atoms with E-state index in [2.05, 4.69) is 34.9 Å².